The number of carbonyl (C=O) groups excluding carboxylic acids is 2. The van der Waals surface area contributed by atoms with Gasteiger partial charge < -0.3 is 10.0 Å². The third-order valence-electron chi connectivity index (χ3n) is 3.84. The van der Waals surface area contributed by atoms with Crippen molar-refractivity contribution in [3.8, 4) is 0 Å². The van der Waals surface area contributed by atoms with Gasteiger partial charge >= 0.3 is 29.6 Å². The van der Waals surface area contributed by atoms with E-state index in [4.69, 9.17) is 0 Å². The van der Waals surface area contributed by atoms with Crippen LogP contribution in [0.3, 0.4) is 0 Å². The number of nitrogens with zero attached hydrogens (tertiary/aromatic N) is 2. The first kappa shape index (κ1) is 16.4. The molecule has 2 atom stereocenters. The van der Waals surface area contributed by atoms with Crippen molar-refractivity contribution in [3.63, 3.8) is 0 Å². The van der Waals surface area contributed by atoms with Crippen molar-refractivity contribution in [1.82, 2.24) is 4.90 Å². The third-order valence-corrected chi connectivity index (χ3v) is 3.84. The molecule has 0 saturated carbocycles. The van der Waals surface area contributed by atoms with Crippen LogP contribution in [-0.2, 0) is 9.59 Å². The zero-order valence-electron chi connectivity index (χ0n) is 11.7. The second-order valence-electron chi connectivity index (χ2n) is 4.90. The van der Waals surface area contributed by atoms with Crippen molar-refractivity contribution >= 4 is 17.8 Å². The van der Waals surface area contributed by atoms with Crippen LogP contribution in [0.4, 0.5) is 0 Å². The Kier molecular flexibility index (Phi) is 5.35. The summed E-state index contributed by atoms with van der Waals surface area (Å²) in [5.41, 5.74) is -1.15. The van der Waals surface area contributed by atoms with Crippen molar-refractivity contribution in [2.45, 2.75) is 32.6 Å². The molecule has 0 aromatic heterocycles. The molecule has 2 unspecified atom stereocenters. The van der Waals surface area contributed by atoms with Crippen LogP contribution in [0.5, 0.6) is 0 Å². The molecule has 1 heterocycles. The molecule has 0 aromatic carbocycles. The molecular formula is C13H17N2NaO3. The SMILES string of the molecule is CCCC1(C2C=CCC2)C(=O)N=C([O-])N(C)C1=O.[Na+]. The minimum atomic E-state index is -1.15. The Morgan fingerprint density at radius 1 is 1.53 bits per heavy atom. The molecule has 1 aliphatic carbocycles. The van der Waals surface area contributed by atoms with Crippen LogP contribution in [0.1, 0.15) is 32.6 Å². The molecule has 0 spiro atoms. The molecule has 0 N–H and O–H groups in total. The van der Waals surface area contributed by atoms with E-state index in [1.165, 1.54) is 7.05 Å². The Hall–Kier alpha value is -0.650. The average molecular weight is 272 g/mol. The van der Waals surface area contributed by atoms with E-state index < -0.39 is 23.3 Å². The average Bonchev–Trinajstić information content (AvgIpc) is 2.86. The quantitative estimate of drug-likeness (QED) is 0.323. The summed E-state index contributed by atoms with van der Waals surface area (Å²) in [6.45, 7) is 1.93. The van der Waals surface area contributed by atoms with Crippen molar-refractivity contribution in [2.75, 3.05) is 7.05 Å². The Balaban J connectivity index is 0.00000180. The van der Waals surface area contributed by atoms with E-state index in [1.54, 1.807) is 0 Å². The first-order chi connectivity index (χ1) is 8.54. The van der Waals surface area contributed by atoms with Crippen LogP contribution in [0.2, 0.25) is 0 Å². The van der Waals surface area contributed by atoms with Crippen LogP contribution in [0.15, 0.2) is 17.1 Å². The molecule has 0 radical (unpaired) electrons. The van der Waals surface area contributed by atoms with Gasteiger partial charge in [-0.25, -0.2) is 4.99 Å². The Morgan fingerprint density at radius 3 is 2.74 bits per heavy atom. The summed E-state index contributed by atoms with van der Waals surface area (Å²) in [6.07, 6.45) is 6.70. The summed E-state index contributed by atoms with van der Waals surface area (Å²) in [7, 11) is 1.39. The van der Waals surface area contributed by atoms with E-state index in [0.29, 0.717) is 12.8 Å². The number of aliphatic imine (C=N–C) groups is 1. The van der Waals surface area contributed by atoms with Crippen LogP contribution >= 0.6 is 0 Å². The number of rotatable bonds is 3. The van der Waals surface area contributed by atoms with Gasteiger partial charge in [-0.3, -0.25) is 9.59 Å². The fraction of sp³-hybridized carbons (Fsp3) is 0.615. The van der Waals surface area contributed by atoms with Crippen LogP contribution in [0.25, 0.3) is 0 Å². The second-order valence-corrected chi connectivity index (χ2v) is 4.90. The summed E-state index contributed by atoms with van der Waals surface area (Å²) in [4.78, 5) is 29.1. The number of hydrogen-bond acceptors (Lipinski definition) is 3. The van der Waals surface area contributed by atoms with Gasteiger partial charge in [0.05, 0.1) is 6.02 Å². The minimum absolute atomic E-state index is 0. The summed E-state index contributed by atoms with van der Waals surface area (Å²) in [5.74, 6) is -1.09. The molecule has 19 heavy (non-hydrogen) atoms. The van der Waals surface area contributed by atoms with E-state index in [9.17, 15) is 14.7 Å². The van der Waals surface area contributed by atoms with Gasteiger partial charge in [0.25, 0.3) is 5.91 Å². The summed E-state index contributed by atoms with van der Waals surface area (Å²) in [5, 5.41) is 11.4. The maximum Gasteiger partial charge on any atom is 1.00 e. The maximum absolute atomic E-state index is 12.4. The normalized spacial score (nSPS) is 30.3. The number of allylic oxidation sites excluding steroid dienone is 2. The van der Waals surface area contributed by atoms with E-state index >= 15 is 0 Å². The van der Waals surface area contributed by atoms with Crippen molar-refractivity contribution in [3.05, 3.63) is 12.2 Å². The van der Waals surface area contributed by atoms with Crippen LogP contribution in [-0.4, -0.2) is 29.8 Å². The molecule has 5 nitrogen and oxygen atoms in total. The van der Waals surface area contributed by atoms with Crippen molar-refractivity contribution in [1.29, 1.82) is 0 Å². The minimum Gasteiger partial charge on any atom is -0.846 e. The van der Waals surface area contributed by atoms with E-state index in [0.717, 1.165) is 17.7 Å². The topological polar surface area (TPSA) is 72.8 Å². The number of hydrogen-bond donors (Lipinski definition) is 0. The second kappa shape index (κ2) is 6.20. The standard InChI is InChI=1S/C13H18N2O3.Na/c1-3-8-13(9-6-4-5-7-9)10(16)14-12(18)15(2)11(13)17;/h4,6,9H,3,5,7-8H2,1-2H3,(H,14,16,18);/q;+1/p-1. The van der Waals surface area contributed by atoms with Gasteiger partial charge in [-0.2, -0.15) is 0 Å². The van der Waals surface area contributed by atoms with Crippen LogP contribution < -0.4 is 34.7 Å². The van der Waals surface area contributed by atoms with Gasteiger partial charge in [-0.1, -0.05) is 25.5 Å². The third kappa shape index (κ3) is 2.51. The van der Waals surface area contributed by atoms with E-state index in [1.807, 2.05) is 19.1 Å². The molecule has 2 amide bonds. The van der Waals surface area contributed by atoms with Crippen LogP contribution in [0, 0.1) is 11.3 Å². The van der Waals surface area contributed by atoms with Gasteiger partial charge in [-0.15, -0.1) is 0 Å². The number of carbonyl (C=O) groups is 2. The molecule has 2 aliphatic rings. The summed E-state index contributed by atoms with van der Waals surface area (Å²) < 4.78 is 0. The van der Waals surface area contributed by atoms with Crippen molar-refractivity contribution in [2.24, 2.45) is 16.3 Å². The molecule has 1 aliphatic heterocycles. The first-order valence-corrected chi connectivity index (χ1v) is 6.29. The molecule has 2 rings (SSSR count). The summed E-state index contributed by atoms with van der Waals surface area (Å²) in [6, 6.07) is -0.751. The van der Waals surface area contributed by atoms with Gasteiger partial charge in [0.15, 0.2) is 0 Å². The zero-order valence-corrected chi connectivity index (χ0v) is 13.7. The number of amides is 2. The molecule has 0 aromatic rings. The van der Waals surface area contributed by atoms with Gasteiger partial charge in [0.2, 0.25) is 5.91 Å². The fourth-order valence-electron chi connectivity index (χ4n) is 2.89. The van der Waals surface area contributed by atoms with Crippen molar-refractivity contribution < 1.29 is 44.3 Å². The zero-order chi connectivity index (χ0) is 13.3. The predicted octanol–water partition coefficient (Wildman–Crippen LogP) is -2.54. The number of amidine groups is 1. The largest absolute Gasteiger partial charge is 1.00 e. The van der Waals surface area contributed by atoms with E-state index in [-0.39, 0.29) is 35.5 Å². The molecule has 0 fully saturated rings. The fourth-order valence-corrected chi connectivity index (χ4v) is 2.89. The first-order valence-electron chi connectivity index (χ1n) is 6.29. The predicted molar refractivity (Wildman–Crippen MR) is 64.4 cm³/mol. The van der Waals surface area contributed by atoms with E-state index in [2.05, 4.69) is 4.99 Å². The Morgan fingerprint density at radius 2 is 2.21 bits per heavy atom. The molecule has 0 bridgehead atoms. The monoisotopic (exact) mass is 272 g/mol. The summed E-state index contributed by atoms with van der Waals surface area (Å²) >= 11 is 0. The van der Waals surface area contributed by atoms with Gasteiger partial charge in [0.1, 0.15) is 5.41 Å². The molecule has 6 heteroatoms. The Bertz CT molecular complexity index is 447. The maximum atomic E-state index is 12.4. The smallest absolute Gasteiger partial charge is 0.846 e. The molecule has 0 saturated heterocycles. The van der Waals surface area contributed by atoms with Gasteiger partial charge in [0, 0.05) is 13.0 Å². The molecular weight excluding hydrogens is 255 g/mol. The molecule has 98 valence electrons. The Labute approximate surface area is 135 Å². The van der Waals surface area contributed by atoms with Gasteiger partial charge in [-0.05, 0) is 19.3 Å².